The van der Waals surface area contributed by atoms with E-state index in [0.29, 0.717) is 25.1 Å². The summed E-state index contributed by atoms with van der Waals surface area (Å²) in [4.78, 5) is 17.1. The third kappa shape index (κ3) is 5.14. The number of nitriles is 1. The maximum absolute atomic E-state index is 11.1. The molecule has 0 aromatic rings. The number of amides is 1. The minimum Gasteiger partial charge on any atom is -0.310 e. The van der Waals surface area contributed by atoms with Gasteiger partial charge in [0.25, 0.3) is 0 Å². The van der Waals surface area contributed by atoms with E-state index in [9.17, 15) is 4.79 Å². The zero-order chi connectivity index (χ0) is 11.0. The van der Waals surface area contributed by atoms with Crippen LogP contribution in [0.15, 0.2) is 5.16 Å². The van der Waals surface area contributed by atoms with Crippen molar-refractivity contribution in [2.45, 2.75) is 26.7 Å². The maximum atomic E-state index is 11.1. The van der Waals surface area contributed by atoms with Crippen molar-refractivity contribution in [2.24, 2.45) is 5.16 Å². The van der Waals surface area contributed by atoms with E-state index < -0.39 is 6.09 Å². The van der Waals surface area contributed by atoms with Crippen LogP contribution in [0.4, 0.5) is 4.79 Å². The van der Waals surface area contributed by atoms with E-state index in [1.165, 1.54) is 4.90 Å². The molecule has 0 spiro atoms. The summed E-state index contributed by atoms with van der Waals surface area (Å²) >= 11 is 0. The summed E-state index contributed by atoms with van der Waals surface area (Å²) in [5, 5.41) is 11.9. The van der Waals surface area contributed by atoms with Gasteiger partial charge in [0, 0.05) is 26.4 Å². The molecule has 0 aliphatic carbocycles. The monoisotopic (exact) mass is 197 g/mol. The Hall–Kier alpha value is -1.57. The van der Waals surface area contributed by atoms with Crippen molar-refractivity contribution >= 4 is 11.8 Å². The van der Waals surface area contributed by atoms with Crippen LogP contribution in [-0.4, -0.2) is 30.3 Å². The summed E-state index contributed by atoms with van der Waals surface area (Å²) in [6, 6.07) is 1.99. The molecule has 0 saturated heterocycles. The molecule has 0 rings (SSSR count). The molecule has 14 heavy (non-hydrogen) atoms. The van der Waals surface area contributed by atoms with Crippen LogP contribution < -0.4 is 0 Å². The van der Waals surface area contributed by atoms with Crippen molar-refractivity contribution in [1.29, 1.82) is 5.26 Å². The van der Waals surface area contributed by atoms with E-state index >= 15 is 0 Å². The topological polar surface area (TPSA) is 65.7 Å². The van der Waals surface area contributed by atoms with Crippen LogP contribution in [0, 0.1) is 11.3 Å². The fraction of sp³-hybridized carbons (Fsp3) is 0.667. The standard InChI is InChI=1S/C9H15N3O2/c1-4-12(3)9(13)14-11-8(2)6-5-7-10/h4-6H2,1-3H3/b11-8+. The largest absolute Gasteiger partial charge is 0.435 e. The van der Waals surface area contributed by atoms with E-state index in [2.05, 4.69) is 9.99 Å². The number of hydrogen-bond donors (Lipinski definition) is 0. The lowest BCUT2D eigenvalue weighted by Gasteiger charge is -2.10. The number of nitrogens with zero attached hydrogens (tertiary/aromatic N) is 3. The average molecular weight is 197 g/mol. The lowest BCUT2D eigenvalue weighted by molar-refractivity contribution is 0.116. The Morgan fingerprint density at radius 1 is 1.64 bits per heavy atom. The second-order valence-electron chi connectivity index (χ2n) is 2.86. The first-order chi connectivity index (χ1) is 6.61. The molecule has 0 N–H and O–H groups in total. The Kier molecular flexibility index (Phi) is 6.12. The predicted octanol–water partition coefficient (Wildman–Crippen LogP) is 1.75. The van der Waals surface area contributed by atoms with Gasteiger partial charge in [-0.25, -0.2) is 4.79 Å². The number of carbonyl (C=O) groups is 1. The summed E-state index contributed by atoms with van der Waals surface area (Å²) < 4.78 is 0. The van der Waals surface area contributed by atoms with E-state index in [1.807, 2.05) is 13.0 Å². The third-order valence-electron chi connectivity index (χ3n) is 1.66. The van der Waals surface area contributed by atoms with Crippen molar-refractivity contribution in [1.82, 2.24) is 4.90 Å². The SMILES string of the molecule is CCN(C)C(=O)O/N=C(\C)CCC#N. The Labute approximate surface area is 83.9 Å². The van der Waals surface area contributed by atoms with E-state index in [0.717, 1.165) is 0 Å². The van der Waals surface area contributed by atoms with Gasteiger partial charge in [0.15, 0.2) is 0 Å². The summed E-state index contributed by atoms with van der Waals surface area (Å²) in [5.41, 5.74) is 0.643. The smallest absolute Gasteiger partial charge is 0.310 e. The molecule has 0 radical (unpaired) electrons. The van der Waals surface area contributed by atoms with Gasteiger partial charge in [-0.3, -0.25) is 4.84 Å². The first kappa shape index (κ1) is 12.4. The predicted molar refractivity (Wildman–Crippen MR) is 52.7 cm³/mol. The van der Waals surface area contributed by atoms with Crippen LogP contribution in [0.5, 0.6) is 0 Å². The second kappa shape index (κ2) is 6.89. The molecular formula is C9H15N3O2. The van der Waals surface area contributed by atoms with Gasteiger partial charge < -0.3 is 4.90 Å². The van der Waals surface area contributed by atoms with Crippen molar-refractivity contribution in [2.75, 3.05) is 13.6 Å². The van der Waals surface area contributed by atoms with Gasteiger partial charge in [0.1, 0.15) is 0 Å². The number of carbonyl (C=O) groups excluding carboxylic acids is 1. The molecule has 0 heterocycles. The van der Waals surface area contributed by atoms with Crippen LogP contribution >= 0.6 is 0 Å². The van der Waals surface area contributed by atoms with E-state index in [-0.39, 0.29) is 0 Å². The third-order valence-corrected chi connectivity index (χ3v) is 1.66. The van der Waals surface area contributed by atoms with Gasteiger partial charge in [0.05, 0.1) is 11.8 Å². The highest BCUT2D eigenvalue weighted by Crippen LogP contribution is 1.95. The summed E-state index contributed by atoms with van der Waals surface area (Å²) in [6.07, 6.45) is 0.430. The van der Waals surface area contributed by atoms with Crippen LogP contribution in [0.3, 0.4) is 0 Å². The zero-order valence-electron chi connectivity index (χ0n) is 8.78. The lowest BCUT2D eigenvalue weighted by atomic mass is 10.2. The molecule has 78 valence electrons. The van der Waals surface area contributed by atoms with Gasteiger partial charge in [-0.05, 0) is 13.8 Å². The average Bonchev–Trinajstić information content (AvgIpc) is 2.21. The molecule has 5 heteroatoms. The van der Waals surface area contributed by atoms with Crippen molar-refractivity contribution in [3.05, 3.63) is 0 Å². The second-order valence-corrected chi connectivity index (χ2v) is 2.86. The van der Waals surface area contributed by atoms with E-state index in [1.54, 1.807) is 14.0 Å². The summed E-state index contributed by atoms with van der Waals surface area (Å²) in [5.74, 6) is 0. The molecule has 0 aromatic heterocycles. The number of oxime groups is 1. The number of hydrogen-bond acceptors (Lipinski definition) is 4. The highest BCUT2D eigenvalue weighted by molar-refractivity contribution is 5.82. The molecule has 0 aromatic carbocycles. The molecule has 0 unspecified atom stereocenters. The molecule has 1 amide bonds. The normalized spacial score (nSPS) is 10.6. The van der Waals surface area contributed by atoms with Crippen molar-refractivity contribution in [3.63, 3.8) is 0 Å². The van der Waals surface area contributed by atoms with Gasteiger partial charge in [-0.2, -0.15) is 5.26 Å². The molecule has 0 fully saturated rings. The molecule has 0 aliphatic rings. The lowest BCUT2D eigenvalue weighted by Crippen LogP contribution is -2.25. The van der Waals surface area contributed by atoms with Crippen LogP contribution in [0.1, 0.15) is 26.7 Å². The Balaban J connectivity index is 3.91. The van der Waals surface area contributed by atoms with Crippen LogP contribution in [0.2, 0.25) is 0 Å². The van der Waals surface area contributed by atoms with Gasteiger partial charge in [-0.1, -0.05) is 5.16 Å². The highest BCUT2D eigenvalue weighted by Gasteiger charge is 2.06. The van der Waals surface area contributed by atoms with Gasteiger partial charge >= 0.3 is 6.09 Å². The van der Waals surface area contributed by atoms with Gasteiger partial charge in [0.2, 0.25) is 0 Å². The molecule has 5 nitrogen and oxygen atoms in total. The minimum atomic E-state index is -0.483. The van der Waals surface area contributed by atoms with Crippen molar-refractivity contribution in [3.8, 4) is 6.07 Å². The zero-order valence-corrected chi connectivity index (χ0v) is 8.78. The molecule has 0 saturated carbocycles. The number of rotatable bonds is 4. The summed E-state index contributed by atoms with van der Waals surface area (Å²) in [6.45, 7) is 4.13. The minimum absolute atomic E-state index is 0.385. The van der Waals surface area contributed by atoms with E-state index in [4.69, 9.17) is 5.26 Å². The molecule has 0 bridgehead atoms. The fourth-order valence-corrected chi connectivity index (χ4v) is 0.598. The fourth-order valence-electron chi connectivity index (χ4n) is 0.598. The highest BCUT2D eigenvalue weighted by atomic mass is 16.7. The van der Waals surface area contributed by atoms with Crippen LogP contribution in [-0.2, 0) is 4.84 Å². The Morgan fingerprint density at radius 2 is 2.29 bits per heavy atom. The van der Waals surface area contributed by atoms with Gasteiger partial charge in [-0.15, -0.1) is 0 Å². The quantitative estimate of drug-likeness (QED) is 0.392. The first-order valence-corrected chi connectivity index (χ1v) is 4.44. The summed E-state index contributed by atoms with van der Waals surface area (Å²) in [7, 11) is 1.63. The first-order valence-electron chi connectivity index (χ1n) is 4.44. The Bertz CT molecular complexity index is 255. The maximum Gasteiger partial charge on any atom is 0.435 e. The van der Waals surface area contributed by atoms with Crippen LogP contribution in [0.25, 0.3) is 0 Å². The molecule has 0 atom stereocenters. The van der Waals surface area contributed by atoms with Crippen molar-refractivity contribution < 1.29 is 9.63 Å². The molecule has 0 aliphatic heterocycles. The Morgan fingerprint density at radius 3 is 2.79 bits per heavy atom. The molecular weight excluding hydrogens is 182 g/mol.